The molecule has 1 unspecified atom stereocenters. The number of non-ortho nitro benzene ring substituents is 1. The van der Waals surface area contributed by atoms with Gasteiger partial charge < -0.3 is 9.47 Å². The third kappa shape index (κ3) is 5.10. The minimum atomic E-state index is -0.484. The van der Waals surface area contributed by atoms with E-state index < -0.39 is 10.8 Å². The zero-order valence-corrected chi connectivity index (χ0v) is 21.9. The van der Waals surface area contributed by atoms with Crippen molar-refractivity contribution in [1.29, 1.82) is 0 Å². The van der Waals surface area contributed by atoms with Crippen LogP contribution in [-0.2, 0) is 24.3 Å². The van der Waals surface area contributed by atoms with Gasteiger partial charge in [-0.05, 0) is 52.4 Å². The molecule has 7 heteroatoms. The van der Waals surface area contributed by atoms with Crippen molar-refractivity contribution in [3.63, 3.8) is 0 Å². The molecule has 40 heavy (non-hydrogen) atoms. The van der Waals surface area contributed by atoms with Crippen LogP contribution in [0.15, 0.2) is 103 Å². The van der Waals surface area contributed by atoms with Gasteiger partial charge in [0.1, 0.15) is 5.82 Å². The number of nitro groups is 1. The first-order chi connectivity index (χ1) is 19.5. The molecule has 1 aromatic heterocycles. The van der Waals surface area contributed by atoms with Crippen molar-refractivity contribution >= 4 is 22.5 Å². The third-order valence-electron chi connectivity index (χ3n) is 7.79. The van der Waals surface area contributed by atoms with Crippen LogP contribution < -0.4 is 0 Å². The Balaban J connectivity index is 1.43. The molecule has 0 spiro atoms. The summed E-state index contributed by atoms with van der Waals surface area (Å²) >= 11 is 0. The van der Waals surface area contributed by atoms with Crippen LogP contribution >= 0.6 is 0 Å². The Hall–Kier alpha value is -4.78. The molecule has 0 bridgehead atoms. The van der Waals surface area contributed by atoms with E-state index in [1.54, 1.807) is 18.2 Å². The van der Waals surface area contributed by atoms with Gasteiger partial charge in [0.2, 0.25) is 5.91 Å². The van der Waals surface area contributed by atoms with Gasteiger partial charge in [0.15, 0.2) is 0 Å². The van der Waals surface area contributed by atoms with Crippen molar-refractivity contribution in [1.82, 2.24) is 9.47 Å². The zero-order chi connectivity index (χ0) is 27.6. The highest BCUT2D eigenvalue weighted by molar-refractivity contribution is 5.88. The summed E-state index contributed by atoms with van der Waals surface area (Å²) in [5.74, 6) is -0.902. The molecule has 1 amide bonds. The highest BCUT2D eigenvalue weighted by atomic mass is 19.1. The predicted octanol–water partition coefficient (Wildman–Crippen LogP) is 6.84. The second-order valence-corrected chi connectivity index (χ2v) is 10.3. The maximum absolute atomic E-state index is 14.5. The quantitative estimate of drug-likeness (QED) is 0.170. The summed E-state index contributed by atoms with van der Waals surface area (Å²) in [7, 11) is 0. The average Bonchev–Trinajstić information content (AvgIpc) is 3.33. The normalized spacial score (nSPS) is 13.7. The third-order valence-corrected chi connectivity index (χ3v) is 7.79. The van der Waals surface area contributed by atoms with Crippen molar-refractivity contribution in [2.45, 2.75) is 31.8 Å². The van der Waals surface area contributed by atoms with E-state index in [1.165, 1.54) is 23.8 Å². The van der Waals surface area contributed by atoms with Gasteiger partial charge in [0, 0.05) is 61.2 Å². The van der Waals surface area contributed by atoms with Crippen LogP contribution in [0.1, 0.15) is 40.2 Å². The van der Waals surface area contributed by atoms with Gasteiger partial charge in [-0.15, -0.1) is 0 Å². The molecule has 4 aromatic carbocycles. The van der Waals surface area contributed by atoms with Crippen molar-refractivity contribution in [2.75, 3.05) is 6.54 Å². The van der Waals surface area contributed by atoms with E-state index in [1.807, 2.05) is 59.6 Å². The van der Waals surface area contributed by atoms with E-state index >= 15 is 0 Å². The summed E-state index contributed by atoms with van der Waals surface area (Å²) < 4.78 is 16.5. The summed E-state index contributed by atoms with van der Waals surface area (Å²) in [6.45, 7) is 1.71. The fourth-order valence-electron chi connectivity index (χ4n) is 5.76. The van der Waals surface area contributed by atoms with E-state index in [0.29, 0.717) is 30.6 Å². The topological polar surface area (TPSA) is 68.4 Å². The van der Waals surface area contributed by atoms with E-state index in [0.717, 1.165) is 28.6 Å². The van der Waals surface area contributed by atoms with Crippen LogP contribution in [-0.4, -0.2) is 26.8 Å². The number of benzene rings is 4. The molecular weight excluding hydrogens is 505 g/mol. The summed E-state index contributed by atoms with van der Waals surface area (Å²) in [5, 5.41) is 12.4. The summed E-state index contributed by atoms with van der Waals surface area (Å²) in [4.78, 5) is 26.9. The summed E-state index contributed by atoms with van der Waals surface area (Å²) in [6.07, 6.45) is 2.88. The number of fused-ring (bicyclic) bond motifs is 2. The van der Waals surface area contributed by atoms with Gasteiger partial charge >= 0.3 is 0 Å². The molecule has 1 aliphatic rings. The lowest BCUT2D eigenvalue weighted by Crippen LogP contribution is -2.36. The number of halogens is 1. The number of hydrogen-bond donors (Lipinski definition) is 0. The van der Waals surface area contributed by atoms with Crippen LogP contribution in [0.3, 0.4) is 0 Å². The second-order valence-electron chi connectivity index (χ2n) is 10.3. The Kier molecular flexibility index (Phi) is 6.86. The molecule has 5 aromatic rings. The lowest BCUT2D eigenvalue weighted by atomic mass is 9.87. The molecule has 0 N–H and O–H groups in total. The van der Waals surface area contributed by atoms with Crippen LogP contribution in [0.2, 0.25) is 0 Å². The highest BCUT2D eigenvalue weighted by Crippen LogP contribution is 2.37. The number of nitro benzene ring substituents is 1. The fourth-order valence-corrected chi connectivity index (χ4v) is 5.76. The van der Waals surface area contributed by atoms with E-state index in [-0.39, 0.29) is 23.8 Å². The first-order valence-electron chi connectivity index (χ1n) is 13.4. The Bertz CT molecular complexity index is 1710. The molecule has 200 valence electrons. The van der Waals surface area contributed by atoms with Crippen LogP contribution in [0, 0.1) is 15.9 Å². The number of nitrogens with zero attached hydrogens (tertiary/aromatic N) is 3. The second kappa shape index (κ2) is 10.8. The molecule has 1 aliphatic heterocycles. The summed E-state index contributed by atoms with van der Waals surface area (Å²) in [5.41, 5.74) is 5.70. The number of carbonyl (C=O) groups excluding carboxylic acids is 1. The monoisotopic (exact) mass is 533 g/mol. The largest absolute Gasteiger partial charge is 0.343 e. The first kappa shape index (κ1) is 25.5. The van der Waals surface area contributed by atoms with Crippen molar-refractivity contribution in [3.8, 4) is 0 Å². The van der Waals surface area contributed by atoms with E-state index in [9.17, 15) is 19.3 Å². The smallest absolute Gasteiger partial charge is 0.270 e. The first-order valence-corrected chi connectivity index (χ1v) is 13.4. The average molecular weight is 534 g/mol. The van der Waals surface area contributed by atoms with Gasteiger partial charge in [-0.25, -0.2) is 4.39 Å². The molecule has 0 saturated heterocycles. The Morgan fingerprint density at radius 1 is 0.925 bits per heavy atom. The van der Waals surface area contributed by atoms with Crippen LogP contribution in [0.4, 0.5) is 10.1 Å². The van der Waals surface area contributed by atoms with Crippen LogP contribution in [0.5, 0.6) is 0 Å². The van der Waals surface area contributed by atoms with Crippen LogP contribution in [0.25, 0.3) is 10.9 Å². The highest BCUT2D eigenvalue weighted by Gasteiger charge is 2.28. The fraction of sp³-hybridized carbons (Fsp3) is 0.182. The summed E-state index contributed by atoms with van der Waals surface area (Å²) in [6, 6.07) is 29.2. The Labute approximate surface area is 231 Å². The number of amides is 1. The number of hydrogen-bond acceptors (Lipinski definition) is 3. The Morgan fingerprint density at radius 2 is 1.70 bits per heavy atom. The minimum Gasteiger partial charge on any atom is -0.343 e. The number of rotatable bonds is 7. The predicted molar refractivity (Wildman–Crippen MR) is 153 cm³/mol. The lowest BCUT2D eigenvalue weighted by Gasteiger charge is -2.30. The van der Waals surface area contributed by atoms with Crippen molar-refractivity contribution < 1.29 is 14.1 Å². The van der Waals surface area contributed by atoms with E-state index in [2.05, 4.69) is 16.7 Å². The van der Waals surface area contributed by atoms with Gasteiger partial charge in [0.05, 0.1) is 4.92 Å². The molecule has 0 saturated carbocycles. The minimum absolute atomic E-state index is 0.0248. The molecule has 0 aliphatic carbocycles. The van der Waals surface area contributed by atoms with Gasteiger partial charge in [-0.2, -0.15) is 0 Å². The number of carbonyl (C=O) groups is 1. The van der Waals surface area contributed by atoms with Gasteiger partial charge in [-0.3, -0.25) is 14.9 Å². The molecule has 2 heterocycles. The molecule has 6 nitrogen and oxygen atoms in total. The van der Waals surface area contributed by atoms with Crippen molar-refractivity contribution in [2.24, 2.45) is 0 Å². The van der Waals surface area contributed by atoms with E-state index in [4.69, 9.17) is 0 Å². The van der Waals surface area contributed by atoms with Gasteiger partial charge in [-0.1, -0.05) is 66.7 Å². The zero-order valence-electron chi connectivity index (χ0n) is 21.9. The molecule has 0 fully saturated rings. The molecule has 0 radical (unpaired) electrons. The SMILES string of the molecule is O=C(CC(c1cccc(F)c1)c1cn(Cc2ccccc2)c2ccc([N+](=O)[O-])cc12)N1CCc2ccccc2C1. The molecular formula is C33H28FN3O3. The maximum Gasteiger partial charge on any atom is 0.270 e. The molecule has 6 rings (SSSR count). The Morgan fingerprint density at radius 3 is 2.48 bits per heavy atom. The lowest BCUT2D eigenvalue weighted by molar-refractivity contribution is -0.384. The number of aromatic nitrogens is 1. The molecule has 1 atom stereocenters. The van der Waals surface area contributed by atoms with Crippen molar-refractivity contribution in [3.05, 3.63) is 147 Å². The maximum atomic E-state index is 14.5. The van der Waals surface area contributed by atoms with Gasteiger partial charge in [0.25, 0.3) is 5.69 Å². The standard InChI is InChI=1S/C33H28FN3O3/c34-27-12-6-11-25(17-27)29(19-33(38)35-16-15-24-9-4-5-10-26(24)21-35)31-22-36(20-23-7-2-1-3-8-23)32-14-13-28(37(39)40)18-30(31)32/h1-14,17-18,22,29H,15-16,19-21H2.